The van der Waals surface area contributed by atoms with Crippen LogP contribution in [0.3, 0.4) is 0 Å². The number of rotatable bonds is 10. The molecule has 0 aliphatic carbocycles. The van der Waals surface area contributed by atoms with E-state index in [1.54, 1.807) is 0 Å². The molecule has 6 heteroatoms. The summed E-state index contributed by atoms with van der Waals surface area (Å²) in [4.78, 5) is 24.0. The Morgan fingerprint density at radius 3 is 2.35 bits per heavy atom. The van der Waals surface area contributed by atoms with Crippen molar-refractivity contribution in [2.45, 2.75) is 32.4 Å². The zero-order chi connectivity index (χ0) is 17.2. The Hall–Kier alpha value is -1.92. The van der Waals surface area contributed by atoms with Gasteiger partial charge in [0.05, 0.1) is 0 Å². The maximum atomic E-state index is 12.4. The Bertz CT molecular complexity index is 491. The fourth-order valence-electron chi connectivity index (χ4n) is 2.19. The molecule has 0 fully saturated rings. The van der Waals surface area contributed by atoms with E-state index in [4.69, 9.17) is 10.5 Å². The first kappa shape index (κ1) is 19.1. The second-order valence-corrected chi connectivity index (χ2v) is 5.80. The Labute approximate surface area is 137 Å². The molecular formula is C17H27N3O3. The zero-order valence-corrected chi connectivity index (χ0v) is 14.0. The topological polar surface area (TPSA) is 93.4 Å². The minimum atomic E-state index is -0.961. The lowest BCUT2D eigenvalue weighted by atomic mass is 10.0. The van der Waals surface area contributed by atoms with Crippen LogP contribution in [-0.2, 0) is 20.7 Å². The lowest BCUT2D eigenvalue weighted by Gasteiger charge is -2.23. The molecule has 0 saturated carbocycles. The number of ether oxygens (including phenoxy) is 1. The molecule has 0 heterocycles. The lowest BCUT2D eigenvalue weighted by molar-refractivity contribution is -0.157. The molecule has 0 bridgehead atoms. The van der Waals surface area contributed by atoms with Crippen molar-refractivity contribution >= 4 is 11.9 Å². The molecule has 1 amide bonds. The van der Waals surface area contributed by atoms with E-state index in [0.29, 0.717) is 6.54 Å². The number of carbonyl (C=O) groups is 2. The van der Waals surface area contributed by atoms with E-state index in [-0.39, 0.29) is 12.3 Å². The van der Waals surface area contributed by atoms with Gasteiger partial charge in [-0.05, 0) is 18.5 Å². The van der Waals surface area contributed by atoms with Gasteiger partial charge in [0.25, 0.3) is 5.91 Å². The van der Waals surface area contributed by atoms with Crippen LogP contribution >= 0.6 is 0 Å². The van der Waals surface area contributed by atoms with Gasteiger partial charge in [-0.15, -0.1) is 0 Å². The molecule has 1 aromatic carbocycles. The Morgan fingerprint density at radius 1 is 1.17 bits per heavy atom. The molecule has 0 spiro atoms. The van der Waals surface area contributed by atoms with Gasteiger partial charge in [0.15, 0.2) is 6.10 Å². The van der Waals surface area contributed by atoms with Crippen molar-refractivity contribution in [1.29, 1.82) is 0 Å². The molecule has 0 saturated heterocycles. The van der Waals surface area contributed by atoms with Crippen molar-refractivity contribution in [3.05, 3.63) is 35.9 Å². The summed E-state index contributed by atoms with van der Waals surface area (Å²) in [7, 11) is 1.84. The Balaban J connectivity index is 2.69. The summed E-state index contributed by atoms with van der Waals surface area (Å²) in [5.41, 5.74) is 6.28. The first-order valence-corrected chi connectivity index (χ1v) is 7.87. The molecule has 2 atom stereocenters. The van der Waals surface area contributed by atoms with Gasteiger partial charge < -0.3 is 21.1 Å². The molecule has 0 aliphatic heterocycles. The summed E-state index contributed by atoms with van der Waals surface area (Å²) in [6, 6.07) is 8.89. The van der Waals surface area contributed by atoms with Crippen molar-refractivity contribution < 1.29 is 14.3 Å². The highest BCUT2D eigenvalue weighted by molar-refractivity contribution is 5.84. The summed E-state index contributed by atoms with van der Waals surface area (Å²) in [6.07, 6.45) is -0.680. The number of esters is 1. The van der Waals surface area contributed by atoms with Crippen molar-refractivity contribution in [3.63, 3.8) is 0 Å². The zero-order valence-electron chi connectivity index (χ0n) is 14.0. The van der Waals surface area contributed by atoms with E-state index >= 15 is 0 Å². The highest BCUT2D eigenvalue weighted by atomic mass is 16.5. The number of hydrogen-bond acceptors (Lipinski definition) is 5. The summed E-state index contributed by atoms with van der Waals surface area (Å²) < 4.78 is 5.37. The maximum Gasteiger partial charge on any atom is 0.324 e. The number of benzene rings is 1. The molecule has 0 aliphatic rings. The fourth-order valence-corrected chi connectivity index (χ4v) is 2.19. The number of nitrogens with two attached hydrogens (primary N) is 1. The van der Waals surface area contributed by atoms with Crippen LogP contribution < -0.4 is 16.4 Å². The third-order valence-electron chi connectivity index (χ3n) is 3.50. The van der Waals surface area contributed by atoms with Gasteiger partial charge in [0, 0.05) is 19.5 Å². The lowest BCUT2D eigenvalue weighted by Crippen LogP contribution is -2.47. The second kappa shape index (κ2) is 9.97. The van der Waals surface area contributed by atoms with E-state index < -0.39 is 24.0 Å². The van der Waals surface area contributed by atoms with Gasteiger partial charge in [-0.1, -0.05) is 44.2 Å². The standard InChI is InChI=1S/C17H27N3O3/c1-12(2)15(20-10-9-19-3)17(22)23-14(16(18)21)11-13-7-5-4-6-8-13/h4-8,12,14-15,19-20H,9-11H2,1-3H3,(H2,18,21). The van der Waals surface area contributed by atoms with Crippen LogP contribution in [0.4, 0.5) is 0 Å². The third kappa shape index (κ3) is 6.80. The average Bonchev–Trinajstić information content (AvgIpc) is 2.51. The molecule has 0 aromatic heterocycles. The summed E-state index contributed by atoms with van der Waals surface area (Å²) >= 11 is 0. The predicted molar refractivity (Wildman–Crippen MR) is 89.8 cm³/mol. The maximum absolute atomic E-state index is 12.4. The van der Waals surface area contributed by atoms with Gasteiger partial charge in [-0.3, -0.25) is 9.59 Å². The van der Waals surface area contributed by atoms with Crippen LogP contribution in [0.15, 0.2) is 30.3 Å². The van der Waals surface area contributed by atoms with Crippen molar-refractivity contribution in [1.82, 2.24) is 10.6 Å². The van der Waals surface area contributed by atoms with Gasteiger partial charge in [0.2, 0.25) is 0 Å². The van der Waals surface area contributed by atoms with E-state index in [9.17, 15) is 9.59 Å². The quantitative estimate of drug-likeness (QED) is 0.430. The minimum Gasteiger partial charge on any atom is -0.451 e. The van der Waals surface area contributed by atoms with Crippen LogP contribution in [0.25, 0.3) is 0 Å². The number of likely N-dealkylation sites (N-methyl/N-ethyl adjacent to an activating group) is 1. The Kier molecular flexibility index (Phi) is 8.29. The van der Waals surface area contributed by atoms with E-state index in [1.807, 2.05) is 51.2 Å². The number of amides is 1. The van der Waals surface area contributed by atoms with Crippen molar-refractivity contribution in [2.24, 2.45) is 11.7 Å². The number of hydrogen-bond donors (Lipinski definition) is 3. The molecule has 0 radical (unpaired) electrons. The normalized spacial score (nSPS) is 13.6. The van der Waals surface area contributed by atoms with Gasteiger partial charge in [-0.25, -0.2) is 0 Å². The highest BCUT2D eigenvalue weighted by Crippen LogP contribution is 2.10. The average molecular weight is 321 g/mol. The SMILES string of the molecule is CNCCNC(C(=O)OC(Cc1ccccc1)C(N)=O)C(C)C. The largest absolute Gasteiger partial charge is 0.451 e. The van der Waals surface area contributed by atoms with E-state index in [1.165, 1.54) is 0 Å². The summed E-state index contributed by atoms with van der Waals surface area (Å²) in [6.45, 7) is 5.22. The van der Waals surface area contributed by atoms with Crippen LogP contribution in [0.1, 0.15) is 19.4 Å². The first-order valence-electron chi connectivity index (χ1n) is 7.87. The monoisotopic (exact) mass is 321 g/mol. The van der Waals surface area contributed by atoms with E-state index in [2.05, 4.69) is 10.6 Å². The third-order valence-corrected chi connectivity index (χ3v) is 3.50. The van der Waals surface area contributed by atoms with Gasteiger partial charge in [-0.2, -0.15) is 0 Å². The van der Waals surface area contributed by atoms with Gasteiger partial charge >= 0.3 is 5.97 Å². The molecular weight excluding hydrogens is 294 g/mol. The van der Waals surface area contributed by atoms with Crippen molar-refractivity contribution in [3.8, 4) is 0 Å². The summed E-state index contributed by atoms with van der Waals surface area (Å²) in [5, 5.41) is 6.14. The molecule has 128 valence electrons. The molecule has 23 heavy (non-hydrogen) atoms. The number of primary amides is 1. The molecule has 2 unspecified atom stereocenters. The number of carbonyl (C=O) groups excluding carboxylic acids is 2. The van der Waals surface area contributed by atoms with Crippen LogP contribution in [-0.4, -0.2) is 44.2 Å². The molecule has 1 rings (SSSR count). The number of nitrogens with one attached hydrogen (secondary N) is 2. The van der Waals surface area contributed by atoms with Crippen molar-refractivity contribution in [2.75, 3.05) is 20.1 Å². The second-order valence-electron chi connectivity index (χ2n) is 5.80. The fraction of sp³-hybridized carbons (Fsp3) is 0.529. The molecule has 4 N–H and O–H groups in total. The first-order chi connectivity index (χ1) is 11.0. The van der Waals surface area contributed by atoms with Crippen LogP contribution in [0.2, 0.25) is 0 Å². The molecule has 6 nitrogen and oxygen atoms in total. The predicted octanol–water partition coefficient (Wildman–Crippen LogP) is 0.460. The van der Waals surface area contributed by atoms with Crippen LogP contribution in [0, 0.1) is 5.92 Å². The minimum absolute atomic E-state index is 0.0459. The van der Waals surface area contributed by atoms with Crippen LogP contribution in [0.5, 0.6) is 0 Å². The molecule has 1 aromatic rings. The highest BCUT2D eigenvalue weighted by Gasteiger charge is 2.28. The van der Waals surface area contributed by atoms with Gasteiger partial charge in [0.1, 0.15) is 6.04 Å². The smallest absolute Gasteiger partial charge is 0.324 e. The Morgan fingerprint density at radius 2 is 1.83 bits per heavy atom. The summed E-state index contributed by atoms with van der Waals surface area (Å²) in [5.74, 6) is -1.04. The van der Waals surface area contributed by atoms with E-state index in [0.717, 1.165) is 12.1 Å².